The van der Waals surface area contributed by atoms with Crippen molar-refractivity contribution in [1.82, 2.24) is 5.32 Å². The summed E-state index contributed by atoms with van der Waals surface area (Å²) in [6.07, 6.45) is 1.22. The molecule has 2 aliphatic heterocycles. The molecule has 2 aliphatic rings. The largest absolute Gasteiger partial charge is 0.383 e. The molecule has 80 valence electrons. The number of benzene rings is 1. The van der Waals surface area contributed by atoms with Gasteiger partial charge in [0.1, 0.15) is 0 Å². The van der Waals surface area contributed by atoms with E-state index in [2.05, 4.69) is 39.8 Å². The molecule has 0 aromatic heterocycles. The van der Waals surface area contributed by atoms with Crippen molar-refractivity contribution in [2.75, 3.05) is 36.4 Å². The molecule has 3 nitrogen and oxygen atoms in total. The summed E-state index contributed by atoms with van der Waals surface area (Å²) in [4.78, 5) is 2.55. The molecule has 0 bridgehead atoms. The van der Waals surface area contributed by atoms with E-state index in [4.69, 9.17) is 0 Å². The average Bonchev–Trinajstić information content (AvgIpc) is 2.48. The van der Waals surface area contributed by atoms with Gasteiger partial charge in [-0.3, -0.25) is 0 Å². The van der Waals surface area contributed by atoms with Crippen LogP contribution in [0.2, 0.25) is 0 Å². The maximum atomic E-state index is 3.51. The Morgan fingerprint density at radius 2 is 2.13 bits per heavy atom. The third-order valence-corrected chi connectivity index (χ3v) is 3.36. The van der Waals surface area contributed by atoms with Gasteiger partial charge in [0.25, 0.3) is 0 Å². The minimum atomic E-state index is 0.662. The second-order valence-corrected chi connectivity index (χ2v) is 4.28. The highest BCUT2D eigenvalue weighted by molar-refractivity contribution is 5.71. The van der Waals surface area contributed by atoms with E-state index < -0.39 is 0 Å². The Morgan fingerprint density at radius 3 is 3.13 bits per heavy atom. The molecule has 3 rings (SSSR count). The van der Waals surface area contributed by atoms with Gasteiger partial charge in [-0.05, 0) is 18.6 Å². The van der Waals surface area contributed by atoms with Crippen LogP contribution in [-0.4, -0.2) is 32.2 Å². The fourth-order valence-corrected chi connectivity index (χ4v) is 2.58. The highest BCUT2D eigenvalue weighted by Gasteiger charge is 2.25. The van der Waals surface area contributed by atoms with Gasteiger partial charge < -0.3 is 15.5 Å². The summed E-state index contributed by atoms with van der Waals surface area (Å²) in [5.41, 5.74) is 2.67. The minimum Gasteiger partial charge on any atom is -0.383 e. The van der Waals surface area contributed by atoms with Crippen molar-refractivity contribution in [1.29, 1.82) is 0 Å². The number of fused-ring (bicyclic) bond motifs is 3. The van der Waals surface area contributed by atoms with Crippen LogP contribution < -0.4 is 15.5 Å². The molecule has 1 unspecified atom stereocenters. The number of nitrogens with one attached hydrogen (secondary N) is 2. The Kier molecular flexibility index (Phi) is 2.25. The van der Waals surface area contributed by atoms with E-state index in [9.17, 15) is 0 Å². The molecule has 0 spiro atoms. The predicted octanol–water partition coefficient (Wildman–Crippen LogP) is 1.28. The van der Waals surface area contributed by atoms with Crippen molar-refractivity contribution in [3.05, 3.63) is 24.3 Å². The van der Waals surface area contributed by atoms with E-state index >= 15 is 0 Å². The third kappa shape index (κ3) is 1.57. The van der Waals surface area contributed by atoms with Gasteiger partial charge in [-0.1, -0.05) is 12.1 Å². The number of rotatable bonds is 0. The van der Waals surface area contributed by atoms with E-state index in [1.165, 1.54) is 17.8 Å². The van der Waals surface area contributed by atoms with E-state index in [0.29, 0.717) is 6.04 Å². The molecule has 0 radical (unpaired) electrons. The molecule has 1 saturated heterocycles. The Hall–Kier alpha value is -1.22. The van der Waals surface area contributed by atoms with Gasteiger partial charge >= 0.3 is 0 Å². The van der Waals surface area contributed by atoms with E-state index in [-0.39, 0.29) is 0 Å². The smallest absolute Gasteiger partial charge is 0.0605 e. The zero-order chi connectivity index (χ0) is 10.1. The maximum absolute atomic E-state index is 3.51. The second-order valence-electron chi connectivity index (χ2n) is 4.28. The maximum Gasteiger partial charge on any atom is 0.0605 e. The predicted molar refractivity (Wildman–Crippen MR) is 63.6 cm³/mol. The lowest BCUT2D eigenvalue weighted by molar-refractivity contribution is 0.466. The van der Waals surface area contributed by atoms with Gasteiger partial charge in [0.2, 0.25) is 0 Å². The molecule has 0 saturated carbocycles. The molecule has 1 fully saturated rings. The summed E-state index contributed by atoms with van der Waals surface area (Å²) in [5, 5.41) is 6.99. The van der Waals surface area contributed by atoms with Crippen LogP contribution in [0.4, 0.5) is 11.4 Å². The lowest BCUT2D eigenvalue weighted by Crippen LogP contribution is -2.51. The van der Waals surface area contributed by atoms with Crippen molar-refractivity contribution in [3.63, 3.8) is 0 Å². The minimum absolute atomic E-state index is 0.662. The number of hydrogen-bond donors (Lipinski definition) is 2. The first-order valence-corrected chi connectivity index (χ1v) is 5.75. The van der Waals surface area contributed by atoms with Gasteiger partial charge in [-0.15, -0.1) is 0 Å². The zero-order valence-electron chi connectivity index (χ0n) is 8.87. The standard InChI is InChI=1S/C12H17N3/c1-2-4-12-11(3-1)14-6-5-10-9-13-7-8-15(10)12/h1-4,10,13-14H,5-9H2. The van der Waals surface area contributed by atoms with Gasteiger partial charge in [-0.25, -0.2) is 0 Å². The Bertz CT molecular complexity index is 350. The van der Waals surface area contributed by atoms with Crippen LogP contribution in [0.15, 0.2) is 24.3 Å². The molecular formula is C12H17N3. The van der Waals surface area contributed by atoms with Gasteiger partial charge in [0.05, 0.1) is 11.4 Å². The van der Waals surface area contributed by atoms with Crippen molar-refractivity contribution >= 4 is 11.4 Å². The molecule has 1 atom stereocenters. The van der Waals surface area contributed by atoms with Crippen molar-refractivity contribution in [2.24, 2.45) is 0 Å². The quantitative estimate of drug-likeness (QED) is 0.665. The second kappa shape index (κ2) is 3.74. The summed E-state index contributed by atoms with van der Waals surface area (Å²) in [7, 11) is 0. The normalized spacial score (nSPS) is 24.8. The van der Waals surface area contributed by atoms with E-state index in [0.717, 1.165) is 26.2 Å². The summed E-state index contributed by atoms with van der Waals surface area (Å²) in [5.74, 6) is 0. The molecule has 15 heavy (non-hydrogen) atoms. The van der Waals surface area contributed by atoms with Crippen LogP contribution in [0.5, 0.6) is 0 Å². The van der Waals surface area contributed by atoms with Crippen LogP contribution in [0.25, 0.3) is 0 Å². The molecule has 1 aromatic carbocycles. The van der Waals surface area contributed by atoms with Gasteiger partial charge in [0.15, 0.2) is 0 Å². The van der Waals surface area contributed by atoms with E-state index in [1.807, 2.05) is 0 Å². The molecule has 0 amide bonds. The zero-order valence-corrected chi connectivity index (χ0v) is 8.87. The van der Waals surface area contributed by atoms with Crippen molar-refractivity contribution < 1.29 is 0 Å². The van der Waals surface area contributed by atoms with Gasteiger partial charge in [-0.2, -0.15) is 0 Å². The van der Waals surface area contributed by atoms with Crippen LogP contribution in [0.1, 0.15) is 6.42 Å². The molecule has 2 heterocycles. The lowest BCUT2D eigenvalue weighted by atomic mass is 10.1. The van der Waals surface area contributed by atoms with Crippen molar-refractivity contribution in [3.8, 4) is 0 Å². The Morgan fingerprint density at radius 1 is 1.20 bits per heavy atom. The summed E-state index contributed by atoms with van der Waals surface area (Å²) >= 11 is 0. The van der Waals surface area contributed by atoms with Crippen LogP contribution in [0, 0.1) is 0 Å². The third-order valence-electron chi connectivity index (χ3n) is 3.36. The number of hydrogen-bond acceptors (Lipinski definition) is 3. The molecule has 1 aromatic rings. The first-order chi connectivity index (χ1) is 7.45. The number of anilines is 2. The number of piperazine rings is 1. The van der Waals surface area contributed by atoms with Crippen LogP contribution in [-0.2, 0) is 0 Å². The Balaban J connectivity index is 1.99. The number of para-hydroxylation sites is 2. The molecular weight excluding hydrogens is 186 g/mol. The van der Waals surface area contributed by atoms with Gasteiger partial charge in [0, 0.05) is 32.2 Å². The summed E-state index contributed by atoms with van der Waals surface area (Å²) < 4.78 is 0. The molecule has 3 heteroatoms. The highest BCUT2D eigenvalue weighted by atomic mass is 15.2. The van der Waals surface area contributed by atoms with Crippen LogP contribution >= 0.6 is 0 Å². The first kappa shape index (κ1) is 9.04. The molecule has 0 aliphatic carbocycles. The van der Waals surface area contributed by atoms with Crippen LogP contribution in [0.3, 0.4) is 0 Å². The summed E-state index contributed by atoms with van der Waals surface area (Å²) in [6, 6.07) is 9.31. The average molecular weight is 203 g/mol. The Labute approximate surface area is 90.5 Å². The molecule has 2 N–H and O–H groups in total. The monoisotopic (exact) mass is 203 g/mol. The lowest BCUT2D eigenvalue weighted by Gasteiger charge is -2.37. The fourth-order valence-electron chi connectivity index (χ4n) is 2.58. The van der Waals surface area contributed by atoms with Crippen molar-refractivity contribution in [2.45, 2.75) is 12.5 Å². The topological polar surface area (TPSA) is 27.3 Å². The van der Waals surface area contributed by atoms with E-state index in [1.54, 1.807) is 0 Å². The highest BCUT2D eigenvalue weighted by Crippen LogP contribution is 2.30. The number of nitrogens with zero attached hydrogens (tertiary/aromatic N) is 1. The first-order valence-electron chi connectivity index (χ1n) is 5.75. The summed E-state index contributed by atoms with van der Waals surface area (Å²) in [6.45, 7) is 4.43. The fraction of sp³-hybridized carbons (Fsp3) is 0.500. The SMILES string of the molecule is c1ccc2c(c1)NCCC1CNCCN21.